The summed E-state index contributed by atoms with van der Waals surface area (Å²) in [6.07, 6.45) is -1.02. The summed E-state index contributed by atoms with van der Waals surface area (Å²) in [5.41, 5.74) is 0.887. The largest absolute Gasteiger partial charge is 0.445 e. The first-order valence-corrected chi connectivity index (χ1v) is 11.5. The first-order valence-electron chi connectivity index (χ1n) is 11.5. The minimum atomic E-state index is -0.747. The number of rotatable bonds is 6. The van der Waals surface area contributed by atoms with Gasteiger partial charge in [0.2, 0.25) is 5.91 Å². The van der Waals surface area contributed by atoms with E-state index in [1.54, 1.807) is 4.90 Å². The van der Waals surface area contributed by atoms with Crippen LogP contribution in [0.4, 0.5) is 24.1 Å². The van der Waals surface area contributed by atoms with Gasteiger partial charge in [-0.25, -0.2) is 18.4 Å². The molecule has 0 radical (unpaired) electrons. The van der Waals surface area contributed by atoms with Gasteiger partial charge >= 0.3 is 12.2 Å². The normalized spacial score (nSPS) is 18.4. The van der Waals surface area contributed by atoms with Crippen LogP contribution >= 0.6 is 0 Å². The molecule has 35 heavy (non-hydrogen) atoms. The summed E-state index contributed by atoms with van der Waals surface area (Å²) < 4.78 is 40.5. The third kappa shape index (κ3) is 5.87. The summed E-state index contributed by atoms with van der Waals surface area (Å²) >= 11 is 0. The smallest absolute Gasteiger partial charge is 0.414 e. The van der Waals surface area contributed by atoms with Gasteiger partial charge in [-0.05, 0) is 36.5 Å². The third-order valence-corrected chi connectivity index (χ3v) is 6.19. The summed E-state index contributed by atoms with van der Waals surface area (Å²) in [4.78, 5) is 38.3. The summed E-state index contributed by atoms with van der Waals surface area (Å²) in [5.74, 6) is -2.16. The number of halogens is 2. The summed E-state index contributed by atoms with van der Waals surface area (Å²) in [7, 11) is 0. The maximum absolute atomic E-state index is 15.0. The quantitative estimate of drug-likeness (QED) is 0.667. The number of cyclic esters (lactones) is 1. The van der Waals surface area contributed by atoms with E-state index in [0.29, 0.717) is 25.9 Å². The fourth-order valence-corrected chi connectivity index (χ4v) is 4.37. The van der Waals surface area contributed by atoms with Crippen LogP contribution < -0.4 is 10.2 Å². The van der Waals surface area contributed by atoms with Crippen LogP contribution in [0.25, 0.3) is 0 Å². The number of carbonyl (C=O) groups is 3. The Morgan fingerprint density at radius 1 is 1.11 bits per heavy atom. The number of amides is 3. The van der Waals surface area contributed by atoms with Gasteiger partial charge in [0.05, 0.1) is 18.8 Å². The van der Waals surface area contributed by atoms with E-state index in [2.05, 4.69) is 5.32 Å². The van der Waals surface area contributed by atoms with Crippen molar-refractivity contribution in [2.75, 3.05) is 31.1 Å². The minimum absolute atomic E-state index is 0.0478. The first kappa shape index (κ1) is 24.4. The average molecular weight is 488 g/mol. The average Bonchev–Trinajstić information content (AvgIpc) is 3.22. The van der Waals surface area contributed by atoms with E-state index in [-0.39, 0.29) is 36.9 Å². The van der Waals surface area contributed by atoms with Gasteiger partial charge in [0.15, 0.2) is 0 Å². The molecule has 2 aliphatic heterocycles. The van der Waals surface area contributed by atoms with Gasteiger partial charge in [0.25, 0.3) is 0 Å². The number of hydrogen-bond donors (Lipinski definition) is 1. The number of benzene rings is 2. The lowest BCUT2D eigenvalue weighted by atomic mass is 9.88. The van der Waals surface area contributed by atoms with E-state index in [0.717, 1.165) is 22.6 Å². The Kier molecular flexibility index (Phi) is 7.48. The number of hydrogen-bond acceptors (Lipinski definition) is 5. The summed E-state index contributed by atoms with van der Waals surface area (Å²) in [5, 5.41) is 2.55. The van der Waals surface area contributed by atoms with Gasteiger partial charge in [-0.15, -0.1) is 0 Å². The molecule has 3 amide bonds. The molecule has 0 unspecified atom stereocenters. The predicted molar refractivity (Wildman–Crippen MR) is 123 cm³/mol. The highest BCUT2D eigenvalue weighted by atomic mass is 19.1. The number of nitrogens with one attached hydrogen (secondary N) is 1. The molecule has 2 aromatic carbocycles. The molecule has 0 bridgehead atoms. The zero-order chi connectivity index (χ0) is 24.9. The van der Waals surface area contributed by atoms with Gasteiger partial charge < -0.3 is 19.7 Å². The van der Waals surface area contributed by atoms with Crippen molar-refractivity contribution in [3.05, 3.63) is 65.2 Å². The van der Waals surface area contributed by atoms with Crippen LogP contribution in [0.3, 0.4) is 0 Å². The standard InChI is InChI=1S/C25H27F2N3O5/c1-16(31)28-13-20-14-30(25(33)35-20)19-11-21(26)23(22(27)12-19)18-7-9-29(10-8-18)24(32)34-15-17-5-3-2-4-6-17/h2-6,11-12,18,20H,7-10,13-15H2,1H3,(H,28,31)/t20-/m0/s1. The Labute approximate surface area is 201 Å². The Hall–Kier alpha value is -3.69. The Balaban J connectivity index is 1.35. The second-order valence-electron chi connectivity index (χ2n) is 8.68. The van der Waals surface area contributed by atoms with E-state index in [1.807, 2.05) is 30.3 Å². The van der Waals surface area contributed by atoms with Gasteiger partial charge in [0, 0.05) is 25.6 Å². The molecule has 186 valence electrons. The topological polar surface area (TPSA) is 88.2 Å². The summed E-state index contributed by atoms with van der Waals surface area (Å²) in [6, 6.07) is 11.6. The number of piperidine rings is 1. The maximum atomic E-state index is 15.0. The molecule has 0 aromatic heterocycles. The number of ether oxygens (including phenoxy) is 2. The number of nitrogens with zero attached hydrogens (tertiary/aromatic N) is 2. The van der Waals surface area contributed by atoms with Crippen molar-refractivity contribution in [2.24, 2.45) is 0 Å². The first-order chi connectivity index (χ1) is 16.8. The monoisotopic (exact) mass is 487 g/mol. The molecule has 2 fully saturated rings. The van der Waals surface area contributed by atoms with Crippen LogP contribution in [-0.2, 0) is 20.9 Å². The second kappa shape index (κ2) is 10.7. The molecule has 1 N–H and O–H groups in total. The molecule has 8 nitrogen and oxygen atoms in total. The maximum Gasteiger partial charge on any atom is 0.414 e. The zero-order valence-corrected chi connectivity index (χ0v) is 19.3. The second-order valence-corrected chi connectivity index (χ2v) is 8.68. The van der Waals surface area contributed by atoms with Gasteiger partial charge in [0.1, 0.15) is 24.3 Å². The van der Waals surface area contributed by atoms with E-state index >= 15 is 8.78 Å². The molecule has 2 aromatic rings. The molecule has 2 aliphatic rings. The van der Waals surface area contributed by atoms with E-state index in [1.165, 1.54) is 6.92 Å². The van der Waals surface area contributed by atoms with Crippen molar-refractivity contribution in [3.63, 3.8) is 0 Å². The molecule has 0 spiro atoms. The lowest BCUT2D eigenvalue weighted by Crippen LogP contribution is -2.38. The van der Waals surface area contributed by atoms with E-state index in [4.69, 9.17) is 9.47 Å². The van der Waals surface area contributed by atoms with Gasteiger partial charge in [-0.2, -0.15) is 0 Å². The highest BCUT2D eigenvalue weighted by Gasteiger charge is 2.34. The molecule has 0 saturated carbocycles. The Bertz CT molecular complexity index is 1070. The minimum Gasteiger partial charge on any atom is -0.445 e. The van der Waals surface area contributed by atoms with Crippen LogP contribution in [0.15, 0.2) is 42.5 Å². The lowest BCUT2D eigenvalue weighted by Gasteiger charge is -2.32. The van der Waals surface area contributed by atoms with Crippen molar-refractivity contribution in [3.8, 4) is 0 Å². The van der Waals surface area contributed by atoms with Crippen molar-refractivity contribution >= 4 is 23.8 Å². The number of likely N-dealkylation sites (tertiary alicyclic amines) is 1. The van der Waals surface area contributed by atoms with Crippen molar-refractivity contribution in [2.45, 2.75) is 38.4 Å². The van der Waals surface area contributed by atoms with Crippen molar-refractivity contribution in [1.29, 1.82) is 0 Å². The van der Waals surface area contributed by atoms with Crippen molar-refractivity contribution < 1.29 is 32.6 Å². The SMILES string of the molecule is CC(=O)NC[C@H]1CN(c2cc(F)c(C3CCN(C(=O)OCc4ccccc4)CC3)c(F)c2)C(=O)O1. The number of carbonyl (C=O) groups excluding carboxylic acids is 3. The molecule has 1 atom stereocenters. The van der Waals surface area contributed by atoms with Gasteiger partial charge in [-0.1, -0.05) is 30.3 Å². The Morgan fingerprint density at radius 3 is 2.40 bits per heavy atom. The fraction of sp³-hybridized carbons (Fsp3) is 0.400. The van der Waals surface area contributed by atoms with E-state index in [9.17, 15) is 14.4 Å². The molecule has 4 rings (SSSR count). The predicted octanol–water partition coefficient (Wildman–Crippen LogP) is 3.94. The molecule has 10 heteroatoms. The van der Waals surface area contributed by atoms with E-state index < -0.39 is 35.8 Å². The highest BCUT2D eigenvalue weighted by Crippen LogP contribution is 2.35. The third-order valence-electron chi connectivity index (χ3n) is 6.19. The van der Waals surface area contributed by atoms with Crippen LogP contribution in [0, 0.1) is 11.6 Å². The van der Waals surface area contributed by atoms with Crippen LogP contribution in [-0.4, -0.2) is 55.3 Å². The Morgan fingerprint density at radius 2 is 1.77 bits per heavy atom. The van der Waals surface area contributed by atoms with Crippen LogP contribution in [0.1, 0.15) is 36.8 Å². The molecule has 2 heterocycles. The van der Waals surface area contributed by atoms with Crippen LogP contribution in [0.5, 0.6) is 0 Å². The van der Waals surface area contributed by atoms with Gasteiger partial charge in [-0.3, -0.25) is 9.69 Å². The highest BCUT2D eigenvalue weighted by molar-refractivity contribution is 5.90. The van der Waals surface area contributed by atoms with Crippen molar-refractivity contribution in [1.82, 2.24) is 10.2 Å². The summed E-state index contributed by atoms with van der Waals surface area (Å²) in [6.45, 7) is 2.34. The number of anilines is 1. The molecule has 2 saturated heterocycles. The molecule has 0 aliphatic carbocycles. The molecular formula is C25H27F2N3O5. The lowest BCUT2D eigenvalue weighted by molar-refractivity contribution is -0.119. The zero-order valence-electron chi connectivity index (χ0n) is 19.3. The molecular weight excluding hydrogens is 460 g/mol. The fourth-order valence-electron chi connectivity index (χ4n) is 4.37. The van der Waals surface area contributed by atoms with Crippen LogP contribution in [0.2, 0.25) is 0 Å².